The fourth-order valence-electron chi connectivity index (χ4n) is 3.38. The summed E-state index contributed by atoms with van der Waals surface area (Å²) in [5.41, 5.74) is 4.93. The maximum atomic E-state index is 12.6. The molecule has 10 nitrogen and oxygen atoms in total. The van der Waals surface area contributed by atoms with Crippen LogP contribution in [-0.4, -0.2) is 29.1 Å². The molecule has 2 heterocycles. The number of amides is 3. The Morgan fingerprint density at radius 1 is 1.03 bits per heavy atom. The summed E-state index contributed by atoms with van der Waals surface area (Å²) in [5, 5.41) is 18.9. The maximum Gasteiger partial charge on any atom is 0.271 e. The van der Waals surface area contributed by atoms with Gasteiger partial charge in [-0.2, -0.15) is 5.10 Å². The molecule has 0 atom stereocenters. The standard InChI is InChI=1S/C22H13N5O5/c28-20(24-23-12-13-5-10-18-19(11-13)27(31)32-25-18)14-6-8-15(9-7-14)26-21(29)16-3-1-2-4-17(16)22(26)30/h1-12H,(H,24,28)/b23-12+. The highest BCUT2D eigenvalue weighted by molar-refractivity contribution is 6.34. The van der Waals surface area contributed by atoms with Gasteiger partial charge in [0.05, 0.1) is 23.0 Å². The third-order valence-corrected chi connectivity index (χ3v) is 4.97. The highest BCUT2D eigenvalue weighted by Crippen LogP contribution is 2.28. The molecular formula is C22H13N5O5. The van der Waals surface area contributed by atoms with Gasteiger partial charge in [0.1, 0.15) is 0 Å². The summed E-state index contributed by atoms with van der Waals surface area (Å²) >= 11 is 0. The minimum absolute atomic E-state index is 0.240. The van der Waals surface area contributed by atoms with Crippen molar-refractivity contribution >= 4 is 40.7 Å². The Morgan fingerprint density at radius 2 is 1.72 bits per heavy atom. The van der Waals surface area contributed by atoms with Crippen LogP contribution in [0.4, 0.5) is 5.69 Å². The van der Waals surface area contributed by atoms with Crippen molar-refractivity contribution in [1.82, 2.24) is 10.6 Å². The molecule has 0 saturated carbocycles. The molecule has 0 aliphatic carbocycles. The van der Waals surface area contributed by atoms with Crippen molar-refractivity contribution < 1.29 is 23.9 Å². The lowest BCUT2D eigenvalue weighted by Crippen LogP contribution is -2.29. The number of nitrogens with one attached hydrogen (secondary N) is 1. The third-order valence-electron chi connectivity index (χ3n) is 4.97. The van der Waals surface area contributed by atoms with Gasteiger partial charge < -0.3 is 5.21 Å². The number of imide groups is 1. The molecule has 0 unspecified atom stereocenters. The zero-order chi connectivity index (χ0) is 22.2. The number of nitrogens with zero attached hydrogens (tertiary/aromatic N) is 4. The van der Waals surface area contributed by atoms with E-state index in [2.05, 4.69) is 20.3 Å². The average molecular weight is 427 g/mol. The van der Waals surface area contributed by atoms with Gasteiger partial charge >= 0.3 is 0 Å². The number of hydrazone groups is 1. The van der Waals surface area contributed by atoms with E-state index in [0.29, 0.717) is 27.9 Å². The summed E-state index contributed by atoms with van der Waals surface area (Å²) in [5.74, 6) is -1.30. The minimum Gasteiger partial charge on any atom is -0.359 e. The van der Waals surface area contributed by atoms with Crippen LogP contribution in [0, 0.1) is 5.21 Å². The summed E-state index contributed by atoms with van der Waals surface area (Å²) in [6, 6.07) is 17.4. The number of fused-ring (bicyclic) bond motifs is 2. The molecular weight excluding hydrogens is 414 g/mol. The zero-order valence-electron chi connectivity index (χ0n) is 16.3. The Hall–Kier alpha value is -4.86. The van der Waals surface area contributed by atoms with Crippen molar-refractivity contribution in [2.75, 3.05) is 4.90 Å². The maximum absolute atomic E-state index is 12.6. The number of hydrogen-bond acceptors (Lipinski definition) is 7. The molecule has 0 radical (unpaired) electrons. The minimum atomic E-state index is -0.486. The molecule has 0 bridgehead atoms. The molecule has 5 rings (SSSR count). The van der Waals surface area contributed by atoms with Crippen LogP contribution in [0.15, 0.2) is 76.5 Å². The summed E-state index contributed by atoms with van der Waals surface area (Å²) in [6.45, 7) is 0. The summed E-state index contributed by atoms with van der Waals surface area (Å²) < 4.78 is 4.50. The van der Waals surface area contributed by atoms with Crippen molar-refractivity contribution in [3.05, 3.63) is 94.2 Å². The van der Waals surface area contributed by atoms with E-state index in [0.717, 1.165) is 4.90 Å². The van der Waals surface area contributed by atoms with Crippen molar-refractivity contribution in [2.45, 2.75) is 0 Å². The summed E-state index contributed by atoms with van der Waals surface area (Å²) in [7, 11) is 0. The van der Waals surface area contributed by atoms with Crippen LogP contribution < -0.4 is 15.2 Å². The van der Waals surface area contributed by atoms with E-state index < -0.39 is 17.7 Å². The van der Waals surface area contributed by atoms with Gasteiger partial charge in [-0.1, -0.05) is 12.1 Å². The lowest BCUT2D eigenvalue weighted by atomic mass is 10.1. The molecule has 0 fully saturated rings. The highest BCUT2D eigenvalue weighted by atomic mass is 16.8. The Kier molecular flexibility index (Phi) is 4.44. The van der Waals surface area contributed by atoms with E-state index in [1.165, 1.54) is 36.5 Å². The van der Waals surface area contributed by atoms with E-state index in [1.54, 1.807) is 36.4 Å². The van der Waals surface area contributed by atoms with E-state index in [4.69, 9.17) is 0 Å². The number of anilines is 1. The Bertz CT molecular complexity index is 1390. The van der Waals surface area contributed by atoms with Gasteiger partial charge in [0.2, 0.25) is 11.0 Å². The van der Waals surface area contributed by atoms with Crippen LogP contribution in [0.25, 0.3) is 11.0 Å². The quantitative estimate of drug-likeness (QED) is 0.229. The Balaban J connectivity index is 1.28. The van der Waals surface area contributed by atoms with Crippen LogP contribution in [-0.2, 0) is 0 Å². The van der Waals surface area contributed by atoms with Crippen molar-refractivity contribution in [3.63, 3.8) is 0 Å². The van der Waals surface area contributed by atoms with Crippen LogP contribution in [0.2, 0.25) is 0 Å². The van der Waals surface area contributed by atoms with Crippen LogP contribution in [0.1, 0.15) is 36.6 Å². The predicted octanol–water partition coefficient (Wildman–Crippen LogP) is 2.03. The number of hydrogen-bond donors (Lipinski definition) is 1. The van der Waals surface area contributed by atoms with E-state index >= 15 is 0 Å². The molecule has 1 aliphatic heterocycles. The zero-order valence-corrected chi connectivity index (χ0v) is 16.3. The molecule has 4 aromatic rings. The Labute approximate surface area is 179 Å². The first-order valence-corrected chi connectivity index (χ1v) is 9.44. The van der Waals surface area contributed by atoms with Gasteiger partial charge in [-0.15, -0.1) is 0 Å². The van der Waals surface area contributed by atoms with Gasteiger partial charge in [0.25, 0.3) is 17.7 Å². The van der Waals surface area contributed by atoms with Crippen LogP contribution >= 0.6 is 0 Å². The van der Waals surface area contributed by atoms with Crippen molar-refractivity contribution in [2.24, 2.45) is 5.10 Å². The molecule has 1 aromatic heterocycles. The largest absolute Gasteiger partial charge is 0.359 e. The lowest BCUT2D eigenvalue weighted by molar-refractivity contribution is -0.782. The van der Waals surface area contributed by atoms with Gasteiger partial charge in [-0.25, -0.2) is 10.3 Å². The first-order chi connectivity index (χ1) is 15.5. The van der Waals surface area contributed by atoms with E-state index in [-0.39, 0.29) is 16.0 Å². The van der Waals surface area contributed by atoms with Gasteiger partial charge in [0, 0.05) is 16.8 Å². The lowest BCUT2D eigenvalue weighted by Gasteiger charge is -2.14. The fraction of sp³-hybridized carbons (Fsp3) is 0. The SMILES string of the molecule is O=C(N/N=C/c1ccc2no[n+]([O-])c2c1)c1ccc(N2C(=O)c3ccccc3C2=O)cc1. The second-order valence-corrected chi connectivity index (χ2v) is 6.92. The van der Waals surface area contributed by atoms with Crippen molar-refractivity contribution in [1.29, 1.82) is 0 Å². The summed E-state index contributed by atoms with van der Waals surface area (Å²) in [6.07, 6.45) is 1.37. The number of benzene rings is 3. The van der Waals surface area contributed by atoms with Gasteiger partial charge in [-0.3, -0.25) is 19.0 Å². The van der Waals surface area contributed by atoms with E-state index in [1.807, 2.05) is 0 Å². The molecule has 1 aliphatic rings. The third kappa shape index (κ3) is 3.16. The molecule has 0 spiro atoms. The molecule has 3 aromatic carbocycles. The number of rotatable bonds is 4. The molecule has 156 valence electrons. The van der Waals surface area contributed by atoms with Gasteiger partial charge in [-0.05, 0) is 59.0 Å². The monoisotopic (exact) mass is 427 g/mol. The molecule has 32 heavy (non-hydrogen) atoms. The first-order valence-electron chi connectivity index (χ1n) is 9.44. The molecule has 1 N–H and O–H groups in total. The average Bonchev–Trinajstić information content (AvgIpc) is 3.31. The Morgan fingerprint density at radius 3 is 2.41 bits per heavy atom. The topological polar surface area (TPSA) is 132 Å². The number of aromatic nitrogens is 2. The first kappa shape index (κ1) is 19.1. The number of carbonyl (C=O) groups is 3. The fourth-order valence-corrected chi connectivity index (χ4v) is 3.38. The van der Waals surface area contributed by atoms with E-state index in [9.17, 15) is 19.6 Å². The summed E-state index contributed by atoms with van der Waals surface area (Å²) in [4.78, 5) is 38.8. The smallest absolute Gasteiger partial charge is 0.271 e. The number of carbonyl (C=O) groups excluding carboxylic acids is 3. The molecule has 10 heteroatoms. The molecule has 3 amide bonds. The van der Waals surface area contributed by atoms with Crippen LogP contribution in [0.3, 0.4) is 0 Å². The normalized spacial score (nSPS) is 13.2. The second-order valence-electron chi connectivity index (χ2n) is 6.92. The highest BCUT2D eigenvalue weighted by Gasteiger charge is 2.36. The van der Waals surface area contributed by atoms with Crippen LogP contribution in [0.5, 0.6) is 0 Å². The van der Waals surface area contributed by atoms with Crippen molar-refractivity contribution in [3.8, 4) is 0 Å². The molecule has 0 saturated heterocycles. The second kappa shape index (κ2) is 7.43. The van der Waals surface area contributed by atoms with Gasteiger partial charge in [0.15, 0.2) is 0 Å². The predicted molar refractivity (Wildman–Crippen MR) is 112 cm³/mol.